The van der Waals surface area contributed by atoms with Gasteiger partial charge in [-0.1, -0.05) is 46.1 Å². The third-order valence-electron chi connectivity index (χ3n) is 5.74. The number of hydrogen-bond acceptors (Lipinski definition) is 4. The van der Waals surface area contributed by atoms with Gasteiger partial charge in [-0.15, -0.1) is 0 Å². The number of rotatable bonds is 11. The molecule has 1 aromatic heterocycles. The summed E-state index contributed by atoms with van der Waals surface area (Å²) in [6.45, 7) is 9.06. The first kappa shape index (κ1) is 23.4. The van der Waals surface area contributed by atoms with E-state index < -0.39 is 17.3 Å². The fraction of sp³-hybridized carbons (Fsp3) is 0.714. The van der Waals surface area contributed by atoms with Gasteiger partial charge in [0, 0.05) is 25.3 Å². The first-order chi connectivity index (χ1) is 13.7. The zero-order valence-electron chi connectivity index (χ0n) is 17.7. The van der Waals surface area contributed by atoms with Gasteiger partial charge in [0.25, 0.3) is 5.56 Å². The molecule has 8 heteroatoms. The number of H-pyrrole nitrogens is 1. The third-order valence-corrected chi connectivity index (χ3v) is 5.74. The highest BCUT2D eigenvalue weighted by atomic mass is 19.4. The van der Waals surface area contributed by atoms with Crippen LogP contribution in [-0.2, 0) is 12.6 Å². The third kappa shape index (κ3) is 5.84. The van der Waals surface area contributed by atoms with Crippen molar-refractivity contribution in [2.75, 3.05) is 13.6 Å². The van der Waals surface area contributed by atoms with Gasteiger partial charge < -0.3 is 10.2 Å². The average molecular weight is 415 g/mol. The van der Waals surface area contributed by atoms with E-state index in [1.54, 1.807) is 0 Å². The molecule has 5 nitrogen and oxygen atoms in total. The minimum Gasteiger partial charge on any atom is -0.369 e. The van der Waals surface area contributed by atoms with E-state index in [0.717, 1.165) is 25.0 Å². The van der Waals surface area contributed by atoms with E-state index >= 15 is 0 Å². The summed E-state index contributed by atoms with van der Waals surface area (Å²) in [6.07, 6.45) is 2.87. The minimum atomic E-state index is -4.68. The fourth-order valence-electron chi connectivity index (χ4n) is 4.07. The van der Waals surface area contributed by atoms with Gasteiger partial charge in [-0.2, -0.15) is 18.3 Å². The molecule has 0 aromatic carbocycles. The van der Waals surface area contributed by atoms with E-state index in [4.69, 9.17) is 0 Å². The SMILES string of the molecule is C=C(CNC(CCC)CCCCC)N(C)C1CCc2c1n[nH]c(=O)c2C(F)(F)F. The first-order valence-corrected chi connectivity index (χ1v) is 10.5. The molecule has 2 N–H and O–H groups in total. The quantitative estimate of drug-likeness (QED) is 0.521. The van der Waals surface area contributed by atoms with Crippen molar-refractivity contribution in [3.63, 3.8) is 0 Å². The van der Waals surface area contributed by atoms with Crippen LogP contribution in [-0.4, -0.2) is 34.7 Å². The van der Waals surface area contributed by atoms with Gasteiger partial charge in [0.15, 0.2) is 0 Å². The summed E-state index contributed by atoms with van der Waals surface area (Å²) in [5, 5.41) is 9.53. The summed E-state index contributed by atoms with van der Waals surface area (Å²) in [7, 11) is 1.83. The van der Waals surface area contributed by atoms with E-state index in [0.29, 0.717) is 24.7 Å². The van der Waals surface area contributed by atoms with Crippen molar-refractivity contribution in [2.45, 2.75) is 83.5 Å². The van der Waals surface area contributed by atoms with Crippen molar-refractivity contribution in [3.05, 3.63) is 39.5 Å². The number of halogens is 3. The second-order valence-electron chi connectivity index (χ2n) is 7.88. The Balaban J connectivity index is 2.06. The zero-order chi connectivity index (χ0) is 21.6. The fourth-order valence-corrected chi connectivity index (χ4v) is 4.07. The zero-order valence-corrected chi connectivity index (χ0v) is 17.7. The molecular formula is C21H33F3N4O. The maximum Gasteiger partial charge on any atom is 0.422 e. The van der Waals surface area contributed by atoms with E-state index in [1.165, 1.54) is 19.3 Å². The molecule has 2 atom stereocenters. The number of nitrogens with one attached hydrogen (secondary N) is 2. The number of nitrogens with zero attached hydrogens (tertiary/aromatic N) is 2. The number of likely N-dealkylation sites (N-methyl/N-ethyl adjacent to an activating group) is 1. The van der Waals surface area contributed by atoms with Gasteiger partial charge in [-0.05, 0) is 31.2 Å². The van der Waals surface area contributed by atoms with Gasteiger partial charge in [0.1, 0.15) is 5.56 Å². The molecule has 0 aliphatic heterocycles. The Morgan fingerprint density at radius 3 is 2.66 bits per heavy atom. The smallest absolute Gasteiger partial charge is 0.369 e. The number of fused-ring (bicyclic) bond motifs is 1. The second kappa shape index (κ2) is 10.3. The van der Waals surface area contributed by atoms with Crippen LogP contribution in [0.1, 0.15) is 81.7 Å². The Hall–Kier alpha value is -1.83. The lowest BCUT2D eigenvalue weighted by Crippen LogP contribution is -2.35. The van der Waals surface area contributed by atoms with E-state index in [9.17, 15) is 18.0 Å². The monoisotopic (exact) mass is 414 g/mol. The maximum absolute atomic E-state index is 13.3. The number of unbranched alkanes of at least 4 members (excludes halogenated alkanes) is 2. The Morgan fingerprint density at radius 2 is 2.03 bits per heavy atom. The molecule has 0 saturated carbocycles. The van der Waals surface area contributed by atoms with Crippen molar-refractivity contribution >= 4 is 0 Å². The van der Waals surface area contributed by atoms with Crippen LogP contribution < -0.4 is 10.9 Å². The highest BCUT2D eigenvalue weighted by Crippen LogP contribution is 2.40. The Labute approximate surface area is 170 Å². The molecule has 0 radical (unpaired) electrons. The molecule has 1 heterocycles. The Kier molecular flexibility index (Phi) is 8.31. The topological polar surface area (TPSA) is 61.0 Å². The molecule has 0 bridgehead atoms. The van der Waals surface area contributed by atoms with Crippen molar-refractivity contribution in [1.82, 2.24) is 20.4 Å². The van der Waals surface area contributed by atoms with Crippen LogP contribution in [0.2, 0.25) is 0 Å². The molecule has 1 aliphatic carbocycles. The highest BCUT2D eigenvalue weighted by Gasteiger charge is 2.42. The lowest BCUT2D eigenvalue weighted by molar-refractivity contribution is -0.139. The van der Waals surface area contributed by atoms with Crippen LogP contribution in [0.25, 0.3) is 0 Å². The molecule has 164 valence electrons. The van der Waals surface area contributed by atoms with Crippen molar-refractivity contribution in [2.24, 2.45) is 0 Å². The molecule has 29 heavy (non-hydrogen) atoms. The standard InChI is InChI=1S/C21H33F3N4O/c1-5-7-8-10-15(9-6-2)25-13-14(3)28(4)17-12-11-16-18(21(22,23)24)20(29)27-26-19(16)17/h15,17,25H,3,5-13H2,1-2,4H3,(H,27,29). The molecule has 2 unspecified atom stereocenters. The van der Waals surface area contributed by atoms with Gasteiger partial charge in [0.2, 0.25) is 0 Å². The van der Waals surface area contributed by atoms with E-state index in [2.05, 4.69) is 30.8 Å². The molecule has 0 fully saturated rings. The number of aromatic nitrogens is 2. The molecule has 0 saturated heterocycles. The minimum absolute atomic E-state index is 0.0160. The van der Waals surface area contributed by atoms with Gasteiger partial charge in [-0.25, -0.2) is 5.10 Å². The van der Waals surface area contributed by atoms with Crippen molar-refractivity contribution in [1.29, 1.82) is 0 Å². The van der Waals surface area contributed by atoms with Crippen LogP contribution in [0.3, 0.4) is 0 Å². The second-order valence-corrected chi connectivity index (χ2v) is 7.88. The Morgan fingerprint density at radius 1 is 1.31 bits per heavy atom. The number of alkyl halides is 3. The largest absolute Gasteiger partial charge is 0.422 e. The maximum atomic E-state index is 13.3. The van der Waals surface area contributed by atoms with Crippen LogP contribution in [0.4, 0.5) is 13.2 Å². The predicted octanol–water partition coefficient (Wildman–Crippen LogP) is 4.56. The summed E-state index contributed by atoms with van der Waals surface area (Å²) in [4.78, 5) is 13.6. The first-order valence-electron chi connectivity index (χ1n) is 10.5. The van der Waals surface area contributed by atoms with E-state index in [-0.39, 0.29) is 18.0 Å². The number of aromatic amines is 1. The summed E-state index contributed by atoms with van der Waals surface area (Å²) < 4.78 is 39.9. The van der Waals surface area contributed by atoms with Gasteiger partial charge in [0.05, 0.1) is 11.7 Å². The molecule has 1 aliphatic rings. The van der Waals surface area contributed by atoms with Crippen LogP contribution in [0.5, 0.6) is 0 Å². The van der Waals surface area contributed by atoms with Crippen LogP contribution in [0, 0.1) is 0 Å². The number of hydrogen-bond donors (Lipinski definition) is 2. The van der Waals surface area contributed by atoms with Gasteiger partial charge >= 0.3 is 6.18 Å². The highest BCUT2D eigenvalue weighted by molar-refractivity contribution is 5.36. The van der Waals surface area contributed by atoms with Crippen molar-refractivity contribution < 1.29 is 13.2 Å². The summed E-state index contributed by atoms with van der Waals surface area (Å²) in [6, 6.07) is 0.0980. The Bertz CT molecular complexity index is 744. The molecule has 2 rings (SSSR count). The van der Waals surface area contributed by atoms with Crippen LogP contribution in [0.15, 0.2) is 17.1 Å². The summed E-state index contributed by atoms with van der Waals surface area (Å²) in [5.74, 6) is 0. The predicted molar refractivity (Wildman–Crippen MR) is 109 cm³/mol. The normalized spacial score (nSPS) is 17.2. The molecule has 0 amide bonds. The molecule has 1 aromatic rings. The van der Waals surface area contributed by atoms with Crippen molar-refractivity contribution in [3.8, 4) is 0 Å². The lowest BCUT2D eigenvalue weighted by Gasteiger charge is -2.30. The average Bonchev–Trinajstić information content (AvgIpc) is 3.07. The van der Waals surface area contributed by atoms with Gasteiger partial charge in [-0.3, -0.25) is 4.79 Å². The van der Waals surface area contributed by atoms with E-state index in [1.807, 2.05) is 17.0 Å². The summed E-state index contributed by atoms with van der Waals surface area (Å²) >= 11 is 0. The lowest BCUT2D eigenvalue weighted by atomic mass is 10.0. The molecular weight excluding hydrogens is 381 g/mol. The summed E-state index contributed by atoms with van der Waals surface area (Å²) in [5.41, 5.74) is -1.16. The molecule has 0 spiro atoms. The van der Waals surface area contributed by atoms with Crippen LogP contribution >= 0.6 is 0 Å².